The molecule has 1 fully saturated rings. The fraction of sp³-hybridized carbons (Fsp3) is 0.286. The summed E-state index contributed by atoms with van der Waals surface area (Å²) in [6.45, 7) is 0.745. The fourth-order valence-corrected chi connectivity index (χ4v) is 4.52. The van der Waals surface area contributed by atoms with E-state index in [4.69, 9.17) is 0 Å². The largest absolute Gasteiger partial charge is 0.322 e. The molecule has 1 atom stereocenters. The van der Waals surface area contributed by atoms with Crippen molar-refractivity contribution < 1.29 is 4.79 Å². The van der Waals surface area contributed by atoms with Gasteiger partial charge in [0.1, 0.15) is 5.01 Å². The van der Waals surface area contributed by atoms with Crippen molar-refractivity contribution in [3.05, 3.63) is 45.3 Å². The molecule has 7 heteroatoms. The molecule has 110 valence electrons. The summed E-state index contributed by atoms with van der Waals surface area (Å²) in [5, 5.41) is 5.93. The van der Waals surface area contributed by atoms with Gasteiger partial charge in [0.15, 0.2) is 0 Å². The van der Waals surface area contributed by atoms with Crippen LogP contribution in [0.25, 0.3) is 0 Å². The van der Waals surface area contributed by atoms with E-state index >= 15 is 0 Å². The lowest BCUT2D eigenvalue weighted by Gasteiger charge is -2.34. The minimum Gasteiger partial charge on any atom is -0.313 e. The number of hydrogen-bond acceptors (Lipinski definition) is 4. The number of urea groups is 1. The van der Waals surface area contributed by atoms with Crippen LogP contribution in [-0.4, -0.2) is 34.0 Å². The molecule has 4 nitrogen and oxygen atoms in total. The molecule has 1 aromatic carbocycles. The number of halogens is 1. The van der Waals surface area contributed by atoms with E-state index in [1.165, 1.54) is 0 Å². The average molecular weight is 384 g/mol. The number of amides is 2. The normalized spacial score (nSPS) is 18.5. The zero-order valence-electron chi connectivity index (χ0n) is 11.2. The number of carbonyl (C=O) groups is 1. The smallest absolute Gasteiger partial charge is 0.313 e. The molecule has 0 radical (unpaired) electrons. The van der Waals surface area contributed by atoms with Crippen molar-refractivity contribution in [1.29, 1.82) is 0 Å². The van der Waals surface area contributed by atoms with E-state index in [0.717, 1.165) is 33.2 Å². The molecule has 0 bridgehead atoms. The molecule has 0 spiro atoms. The molecule has 1 aliphatic rings. The number of thioether (sulfide) groups is 1. The van der Waals surface area contributed by atoms with E-state index in [9.17, 15) is 4.79 Å². The lowest BCUT2D eigenvalue weighted by molar-refractivity contribution is 0.196. The quantitative estimate of drug-likeness (QED) is 0.843. The van der Waals surface area contributed by atoms with Gasteiger partial charge >= 0.3 is 6.03 Å². The molecule has 2 heterocycles. The molecule has 1 saturated heterocycles. The van der Waals surface area contributed by atoms with Crippen LogP contribution in [0.4, 0.5) is 10.5 Å². The number of carbonyl (C=O) groups excluding carboxylic acids is 1. The van der Waals surface area contributed by atoms with Crippen molar-refractivity contribution in [3.63, 3.8) is 0 Å². The SMILES string of the molecule is O=C(Nc1cccc(Br)c1)N1CCSC[C@@H]1c1nccs1. The first-order chi connectivity index (χ1) is 10.2. The highest BCUT2D eigenvalue weighted by Gasteiger charge is 2.30. The van der Waals surface area contributed by atoms with Crippen molar-refractivity contribution >= 4 is 50.7 Å². The van der Waals surface area contributed by atoms with E-state index in [2.05, 4.69) is 26.2 Å². The second-order valence-corrected chi connectivity index (χ2v) is 7.59. The zero-order chi connectivity index (χ0) is 14.7. The van der Waals surface area contributed by atoms with Gasteiger partial charge in [0.2, 0.25) is 0 Å². The number of nitrogens with one attached hydrogen (secondary N) is 1. The summed E-state index contributed by atoms with van der Waals surface area (Å²) in [7, 11) is 0. The summed E-state index contributed by atoms with van der Waals surface area (Å²) >= 11 is 6.89. The van der Waals surface area contributed by atoms with Crippen molar-refractivity contribution in [3.8, 4) is 0 Å². The molecule has 21 heavy (non-hydrogen) atoms. The molecular weight excluding hydrogens is 370 g/mol. The van der Waals surface area contributed by atoms with E-state index in [0.29, 0.717) is 0 Å². The second kappa shape index (κ2) is 6.81. The summed E-state index contributed by atoms with van der Waals surface area (Å²) in [5.41, 5.74) is 0.797. The molecule has 0 saturated carbocycles. The Bertz CT molecular complexity index is 620. The van der Waals surface area contributed by atoms with E-state index in [1.807, 2.05) is 46.3 Å². The number of anilines is 1. The molecule has 0 unspecified atom stereocenters. The summed E-state index contributed by atoms with van der Waals surface area (Å²) < 4.78 is 0.950. The molecule has 2 aromatic rings. The third kappa shape index (κ3) is 3.59. The Balaban J connectivity index is 1.75. The Morgan fingerprint density at radius 2 is 2.38 bits per heavy atom. The maximum Gasteiger partial charge on any atom is 0.322 e. The maximum absolute atomic E-state index is 12.6. The van der Waals surface area contributed by atoms with Gasteiger partial charge in [-0.1, -0.05) is 22.0 Å². The molecule has 3 rings (SSSR count). The van der Waals surface area contributed by atoms with Crippen LogP contribution in [0.1, 0.15) is 11.0 Å². The number of benzene rings is 1. The highest BCUT2D eigenvalue weighted by molar-refractivity contribution is 9.10. The van der Waals surface area contributed by atoms with Gasteiger partial charge in [-0.2, -0.15) is 11.8 Å². The van der Waals surface area contributed by atoms with Gasteiger partial charge in [-0.05, 0) is 18.2 Å². The third-order valence-corrected chi connectivity index (χ3v) is 5.59. The van der Waals surface area contributed by atoms with Gasteiger partial charge in [0.05, 0.1) is 6.04 Å². The van der Waals surface area contributed by atoms with Crippen molar-refractivity contribution in [2.24, 2.45) is 0 Å². The number of hydrogen-bond donors (Lipinski definition) is 1. The number of aromatic nitrogens is 1. The average Bonchev–Trinajstić information content (AvgIpc) is 3.01. The van der Waals surface area contributed by atoms with Crippen molar-refractivity contribution in [2.45, 2.75) is 6.04 Å². The third-order valence-electron chi connectivity index (χ3n) is 3.20. The highest BCUT2D eigenvalue weighted by Crippen LogP contribution is 2.31. The summed E-state index contributed by atoms with van der Waals surface area (Å²) in [6, 6.07) is 7.63. The minimum atomic E-state index is -0.0615. The molecule has 0 aliphatic carbocycles. The Morgan fingerprint density at radius 3 is 3.14 bits per heavy atom. The molecular formula is C14H14BrN3OS2. The second-order valence-electron chi connectivity index (χ2n) is 4.59. The van der Waals surface area contributed by atoms with Crippen LogP contribution >= 0.6 is 39.0 Å². The highest BCUT2D eigenvalue weighted by atomic mass is 79.9. The van der Waals surface area contributed by atoms with Gasteiger partial charge in [0, 0.05) is 39.8 Å². The lowest BCUT2D eigenvalue weighted by atomic mass is 10.3. The maximum atomic E-state index is 12.6. The number of rotatable bonds is 2. The van der Waals surface area contributed by atoms with Crippen LogP contribution in [0.15, 0.2) is 40.3 Å². The van der Waals surface area contributed by atoms with Crippen LogP contribution < -0.4 is 5.32 Å². The predicted molar refractivity (Wildman–Crippen MR) is 92.0 cm³/mol. The topological polar surface area (TPSA) is 45.2 Å². The first-order valence-corrected chi connectivity index (χ1v) is 9.37. The first kappa shape index (κ1) is 14.9. The minimum absolute atomic E-state index is 0.0615. The Morgan fingerprint density at radius 1 is 1.48 bits per heavy atom. The molecule has 2 amide bonds. The summed E-state index contributed by atoms with van der Waals surface area (Å²) in [6.07, 6.45) is 1.80. The van der Waals surface area contributed by atoms with E-state index in [1.54, 1.807) is 17.5 Å². The summed E-state index contributed by atoms with van der Waals surface area (Å²) in [5.74, 6) is 1.87. The lowest BCUT2D eigenvalue weighted by Crippen LogP contribution is -2.43. The predicted octanol–water partition coefficient (Wildman–Crippen LogP) is 4.23. The Labute approximate surface area is 140 Å². The van der Waals surface area contributed by atoms with Crippen LogP contribution in [-0.2, 0) is 0 Å². The van der Waals surface area contributed by atoms with Crippen molar-refractivity contribution in [1.82, 2.24) is 9.88 Å². The molecule has 1 aromatic heterocycles. The molecule has 1 N–H and O–H groups in total. The first-order valence-electron chi connectivity index (χ1n) is 6.54. The zero-order valence-corrected chi connectivity index (χ0v) is 14.4. The van der Waals surface area contributed by atoms with Crippen LogP contribution in [0, 0.1) is 0 Å². The van der Waals surface area contributed by atoms with Gasteiger partial charge in [-0.3, -0.25) is 0 Å². The number of nitrogens with zero attached hydrogens (tertiary/aromatic N) is 2. The molecule has 1 aliphatic heterocycles. The number of thiazole rings is 1. The van der Waals surface area contributed by atoms with Gasteiger partial charge in [-0.15, -0.1) is 11.3 Å². The van der Waals surface area contributed by atoms with Crippen LogP contribution in [0.5, 0.6) is 0 Å². The van der Waals surface area contributed by atoms with Crippen molar-refractivity contribution in [2.75, 3.05) is 23.4 Å². The monoisotopic (exact) mass is 383 g/mol. The van der Waals surface area contributed by atoms with Gasteiger partial charge in [-0.25, -0.2) is 9.78 Å². The van der Waals surface area contributed by atoms with Crippen LogP contribution in [0.3, 0.4) is 0 Å². The fourth-order valence-electron chi connectivity index (χ4n) is 2.21. The van der Waals surface area contributed by atoms with Gasteiger partial charge < -0.3 is 10.2 Å². The van der Waals surface area contributed by atoms with E-state index < -0.39 is 0 Å². The van der Waals surface area contributed by atoms with E-state index in [-0.39, 0.29) is 12.1 Å². The Hall–Kier alpha value is -1.05. The summed E-state index contributed by atoms with van der Waals surface area (Å²) in [4.78, 5) is 18.8. The standard InChI is InChI=1S/C14H14BrN3OS2/c15-10-2-1-3-11(8-10)17-14(19)18-5-7-20-9-12(18)13-16-4-6-21-13/h1-4,6,8,12H,5,7,9H2,(H,17,19)/t12-/m1/s1. The Kier molecular flexibility index (Phi) is 4.82. The van der Waals surface area contributed by atoms with Gasteiger partial charge in [0.25, 0.3) is 0 Å². The van der Waals surface area contributed by atoms with Crippen LogP contribution in [0.2, 0.25) is 0 Å².